The van der Waals surface area contributed by atoms with Crippen LogP contribution >= 0.6 is 11.8 Å². The summed E-state index contributed by atoms with van der Waals surface area (Å²) in [7, 11) is 0. The van der Waals surface area contributed by atoms with Crippen molar-refractivity contribution in [3.8, 4) is 0 Å². The van der Waals surface area contributed by atoms with Crippen molar-refractivity contribution in [2.45, 2.75) is 42.1 Å². The van der Waals surface area contributed by atoms with E-state index in [1.54, 1.807) is 12.1 Å². The Morgan fingerprint density at radius 3 is 2.54 bits per heavy atom. The second-order valence-corrected chi connectivity index (χ2v) is 7.82. The molecule has 1 N–H and O–H groups in total. The number of carbonyl (C=O) groups is 1. The van der Waals surface area contributed by atoms with E-state index in [0.29, 0.717) is 10.8 Å². The molecule has 3 aromatic rings. The van der Waals surface area contributed by atoms with Crippen molar-refractivity contribution in [2.75, 3.05) is 5.32 Å². The number of hydrogen-bond donors (Lipinski definition) is 1. The average molecular weight is 397 g/mol. The molecule has 0 unspecified atom stereocenters. The minimum Gasteiger partial charge on any atom is -0.325 e. The number of amides is 1. The van der Waals surface area contributed by atoms with Crippen molar-refractivity contribution in [1.82, 2.24) is 20.2 Å². The smallest absolute Gasteiger partial charge is 0.242 e. The number of hydrogen-bond acceptors (Lipinski definition) is 5. The molecule has 0 spiro atoms. The van der Waals surface area contributed by atoms with Gasteiger partial charge in [-0.2, -0.15) is 0 Å². The standard InChI is InChI=1S/C20H20FN5OS/c21-15-10-12-16(13-11-15)22-19(27)18(14-6-2-1-3-7-14)28-20-23-24-25-26(20)17-8-4-5-9-17/h1-3,6-7,10-13,17-18H,4-5,8-9H2,(H,22,27)/t18-/m0/s1. The van der Waals surface area contributed by atoms with Crippen molar-refractivity contribution >= 4 is 23.4 Å². The summed E-state index contributed by atoms with van der Waals surface area (Å²) in [6, 6.07) is 15.5. The van der Waals surface area contributed by atoms with E-state index < -0.39 is 5.25 Å². The third kappa shape index (κ3) is 4.22. The highest BCUT2D eigenvalue weighted by Crippen LogP contribution is 2.38. The Balaban J connectivity index is 1.58. The second-order valence-electron chi connectivity index (χ2n) is 6.75. The fraction of sp³-hybridized carbons (Fsp3) is 0.300. The minimum atomic E-state index is -0.530. The molecule has 1 aliphatic carbocycles. The van der Waals surface area contributed by atoms with Crippen molar-refractivity contribution in [3.63, 3.8) is 0 Å². The molecular weight excluding hydrogens is 377 g/mol. The zero-order chi connectivity index (χ0) is 19.3. The van der Waals surface area contributed by atoms with E-state index in [2.05, 4.69) is 20.8 Å². The first kappa shape index (κ1) is 18.6. The minimum absolute atomic E-state index is 0.205. The molecule has 144 valence electrons. The number of nitrogens with zero attached hydrogens (tertiary/aromatic N) is 4. The predicted molar refractivity (Wildman–Crippen MR) is 105 cm³/mol. The van der Waals surface area contributed by atoms with E-state index in [1.165, 1.54) is 36.7 Å². The Kier molecular flexibility index (Phi) is 5.66. The number of tetrazole rings is 1. The fourth-order valence-electron chi connectivity index (χ4n) is 3.39. The van der Waals surface area contributed by atoms with Gasteiger partial charge < -0.3 is 5.32 Å². The van der Waals surface area contributed by atoms with Crippen molar-refractivity contribution in [3.05, 3.63) is 66.0 Å². The highest BCUT2D eigenvalue weighted by atomic mass is 32.2. The molecule has 8 heteroatoms. The summed E-state index contributed by atoms with van der Waals surface area (Å²) in [5, 5.41) is 15.1. The first-order chi connectivity index (χ1) is 13.7. The van der Waals surface area contributed by atoms with Crippen LogP contribution < -0.4 is 5.32 Å². The van der Waals surface area contributed by atoms with Crippen molar-refractivity contribution in [1.29, 1.82) is 0 Å². The van der Waals surface area contributed by atoms with E-state index in [0.717, 1.165) is 18.4 Å². The van der Waals surface area contributed by atoms with Gasteiger partial charge in [-0.05, 0) is 53.1 Å². The van der Waals surface area contributed by atoms with Gasteiger partial charge in [0.1, 0.15) is 11.1 Å². The lowest BCUT2D eigenvalue weighted by atomic mass is 10.1. The molecule has 1 saturated carbocycles. The van der Waals surface area contributed by atoms with Crippen LogP contribution in [0.25, 0.3) is 0 Å². The van der Waals surface area contributed by atoms with Crippen LogP contribution in [0.3, 0.4) is 0 Å². The molecule has 1 amide bonds. The Bertz CT molecular complexity index is 925. The third-order valence-electron chi connectivity index (χ3n) is 4.81. The normalized spacial score (nSPS) is 15.5. The van der Waals surface area contributed by atoms with Gasteiger partial charge in [0.05, 0.1) is 6.04 Å². The SMILES string of the molecule is O=C(Nc1ccc(F)cc1)[C@@H](Sc1nnnn1C1CCCC1)c1ccccc1. The van der Waals surface area contributed by atoms with Gasteiger partial charge in [-0.3, -0.25) is 4.79 Å². The van der Waals surface area contributed by atoms with Crippen LogP contribution in [-0.2, 0) is 4.79 Å². The van der Waals surface area contributed by atoms with Crippen LogP contribution in [0.1, 0.15) is 42.5 Å². The summed E-state index contributed by atoms with van der Waals surface area (Å²) >= 11 is 1.33. The number of halogens is 1. The van der Waals surface area contributed by atoms with Gasteiger partial charge in [-0.1, -0.05) is 54.9 Å². The van der Waals surface area contributed by atoms with E-state index in [4.69, 9.17) is 0 Å². The van der Waals surface area contributed by atoms with Crippen molar-refractivity contribution in [2.24, 2.45) is 0 Å². The van der Waals surface area contributed by atoms with Gasteiger partial charge in [0.25, 0.3) is 0 Å². The molecule has 1 atom stereocenters. The molecule has 1 fully saturated rings. The maximum Gasteiger partial charge on any atom is 0.242 e. The van der Waals surface area contributed by atoms with Crippen LogP contribution in [0, 0.1) is 5.82 Å². The summed E-state index contributed by atoms with van der Waals surface area (Å²) in [5.41, 5.74) is 1.40. The molecule has 28 heavy (non-hydrogen) atoms. The third-order valence-corrected chi connectivity index (χ3v) is 6.01. The number of anilines is 1. The first-order valence-corrected chi connectivity index (χ1v) is 10.1. The van der Waals surface area contributed by atoms with Crippen LogP contribution in [0.5, 0.6) is 0 Å². The molecule has 6 nitrogen and oxygen atoms in total. The van der Waals surface area contributed by atoms with Gasteiger partial charge >= 0.3 is 0 Å². The van der Waals surface area contributed by atoms with Crippen molar-refractivity contribution < 1.29 is 9.18 Å². The second kappa shape index (κ2) is 8.52. The van der Waals surface area contributed by atoms with Crippen LogP contribution in [0.2, 0.25) is 0 Å². The monoisotopic (exact) mass is 397 g/mol. The lowest BCUT2D eigenvalue weighted by Gasteiger charge is -2.18. The molecular formula is C20H20FN5OS. The highest BCUT2D eigenvalue weighted by Gasteiger charge is 2.28. The maximum absolute atomic E-state index is 13.2. The van der Waals surface area contributed by atoms with Crippen LogP contribution in [0.15, 0.2) is 59.8 Å². The Hall–Kier alpha value is -2.74. The predicted octanol–water partition coefficient (Wildman–Crippen LogP) is 4.40. The average Bonchev–Trinajstić information content (AvgIpc) is 3.40. The Labute approximate surface area is 166 Å². The Morgan fingerprint density at radius 2 is 1.82 bits per heavy atom. The summed E-state index contributed by atoms with van der Waals surface area (Å²) in [5.74, 6) is -0.550. The van der Waals surface area contributed by atoms with Gasteiger partial charge in [0.2, 0.25) is 11.1 Å². The molecule has 2 aromatic carbocycles. The summed E-state index contributed by atoms with van der Waals surface area (Å²) < 4.78 is 15.0. The molecule has 1 aliphatic rings. The lowest BCUT2D eigenvalue weighted by molar-refractivity contribution is -0.115. The van der Waals surface area contributed by atoms with E-state index >= 15 is 0 Å². The van der Waals surface area contributed by atoms with E-state index in [-0.39, 0.29) is 17.8 Å². The molecule has 1 heterocycles. The lowest BCUT2D eigenvalue weighted by Crippen LogP contribution is -2.20. The molecule has 0 saturated heterocycles. The number of aromatic nitrogens is 4. The number of carbonyl (C=O) groups excluding carboxylic acids is 1. The quantitative estimate of drug-likeness (QED) is 0.624. The number of nitrogens with one attached hydrogen (secondary N) is 1. The number of benzene rings is 2. The Morgan fingerprint density at radius 1 is 1.11 bits per heavy atom. The largest absolute Gasteiger partial charge is 0.325 e. The molecule has 4 rings (SSSR count). The van der Waals surface area contributed by atoms with Gasteiger partial charge in [-0.15, -0.1) is 5.10 Å². The highest BCUT2D eigenvalue weighted by molar-refractivity contribution is 8.00. The van der Waals surface area contributed by atoms with Crippen LogP contribution in [0.4, 0.5) is 10.1 Å². The molecule has 0 aliphatic heterocycles. The summed E-state index contributed by atoms with van der Waals surface area (Å²) in [6.07, 6.45) is 4.44. The maximum atomic E-state index is 13.2. The molecule has 1 aromatic heterocycles. The number of rotatable bonds is 6. The first-order valence-electron chi connectivity index (χ1n) is 9.26. The molecule has 0 radical (unpaired) electrons. The zero-order valence-corrected chi connectivity index (χ0v) is 16.0. The van der Waals surface area contributed by atoms with Gasteiger partial charge in [0, 0.05) is 5.69 Å². The fourth-order valence-corrected chi connectivity index (χ4v) is 4.44. The zero-order valence-electron chi connectivity index (χ0n) is 15.2. The van der Waals surface area contributed by atoms with E-state index in [1.807, 2.05) is 35.0 Å². The van der Waals surface area contributed by atoms with Crippen LogP contribution in [-0.4, -0.2) is 26.1 Å². The van der Waals surface area contributed by atoms with E-state index in [9.17, 15) is 9.18 Å². The summed E-state index contributed by atoms with van der Waals surface area (Å²) in [6.45, 7) is 0. The van der Waals surface area contributed by atoms with Gasteiger partial charge in [-0.25, -0.2) is 9.07 Å². The number of thioether (sulfide) groups is 1. The topological polar surface area (TPSA) is 72.7 Å². The molecule has 0 bridgehead atoms. The van der Waals surface area contributed by atoms with Gasteiger partial charge in [0.15, 0.2) is 0 Å². The summed E-state index contributed by atoms with van der Waals surface area (Å²) in [4.78, 5) is 13.1.